The van der Waals surface area contributed by atoms with Gasteiger partial charge in [-0.25, -0.2) is 9.18 Å². The van der Waals surface area contributed by atoms with Gasteiger partial charge in [-0.1, -0.05) is 24.3 Å². The molecule has 0 heterocycles. The molecule has 0 bridgehead atoms. The van der Waals surface area contributed by atoms with Gasteiger partial charge in [-0.05, 0) is 52.4 Å². The van der Waals surface area contributed by atoms with Crippen molar-refractivity contribution in [3.63, 3.8) is 0 Å². The fraction of sp³-hybridized carbons (Fsp3) is 0.125. The number of hydrogen-bond donors (Lipinski definition) is 2. The zero-order chi connectivity index (χ0) is 16.1. The molecule has 1 atom stereocenters. The number of halogens is 2. The summed E-state index contributed by atoms with van der Waals surface area (Å²) in [7, 11) is 0. The summed E-state index contributed by atoms with van der Waals surface area (Å²) >= 11 is 2.15. The van der Waals surface area contributed by atoms with Gasteiger partial charge in [0.2, 0.25) is 0 Å². The van der Waals surface area contributed by atoms with Gasteiger partial charge in [0.15, 0.2) is 0 Å². The molecule has 0 saturated heterocycles. The molecule has 2 aromatic carbocycles. The Morgan fingerprint density at radius 1 is 1.14 bits per heavy atom. The molecule has 0 radical (unpaired) electrons. The number of benzene rings is 2. The van der Waals surface area contributed by atoms with Crippen LogP contribution in [0.2, 0.25) is 0 Å². The van der Waals surface area contributed by atoms with Crippen molar-refractivity contribution in [2.45, 2.75) is 12.5 Å². The molecular formula is C16H13FINO3. The smallest absolute Gasteiger partial charge is 0.326 e. The zero-order valence-corrected chi connectivity index (χ0v) is 13.6. The van der Waals surface area contributed by atoms with Gasteiger partial charge in [-0.3, -0.25) is 4.79 Å². The highest BCUT2D eigenvalue weighted by Crippen LogP contribution is 2.11. The van der Waals surface area contributed by atoms with Crippen molar-refractivity contribution in [3.05, 3.63) is 69.0 Å². The zero-order valence-electron chi connectivity index (χ0n) is 11.4. The van der Waals surface area contributed by atoms with E-state index in [2.05, 4.69) is 27.9 Å². The molecular weight excluding hydrogens is 400 g/mol. The third kappa shape index (κ3) is 4.27. The second kappa shape index (κ2) is 7.35. The van der Waals surface area contributed by atoms with Crippen LogP contribution in [-0.4, -0.2) is 23.0 Å². The van der Waals surface area contributed by atoms with E-state index in [0.717, 1.165) is 15.2 Å². The van der Waals surface area contributed by atoms with Gasteiger partial charge < -0.3 is 10.4 Å². The molecule has 0 unspecified atom stereocenters. The number of carbonyl (C=O) groups excluding carboxylic acids is 1. The van der Waals surface area contributed by atoms with E-state index in [1.165, 1.54) is 18.2 Å². The first-order valence-corrected chi connectivity index (χ1v) is 7.58. The molecule has 6 heteroatoms. The van der Waals surface area contributed by atoms with Gasteiger partial charge in [0.25, 0.3) is 5.91 Å². The minimum absolute atomic E-state index is 0.131. The lowest BCUT2D eigenvalue weighted by Crippen LogP contribution is -2.42. The highest BCUT2D eigenvalue weighted by atomic mass is 127. The van der Waals surface area contributed by atoms with Crippen LogP contribution in [0.4, 0.5) is 4.39 Å². The Balaban J connectivity index is 2.12. The number of carboxylic acid groups (broad SMARTS) is 1. The van der Waals surface area contributed by atoms with Crippen molar-refractivity contribution in [3.8, 4) is 0 Å². The predicted octanol–water partition coefficient (Wildman–Crippen LogP) is 2.86. The van der Waals surface area contributed by atoms with E-state index in [1.54, 1.807) is 12.1 Å². The van der Waals surface area contributed by atoms with Crippen molar-refractivity contribution in [2.24, 2.45) is 0 Å². The second-order valence-electron chi connectivity index (χ2n) is 4.67. The van der Waals surface area contributed by atoms with E-state index < -0.39 is 23.7 Å². The fourth-order valence-electron chi connectivity index (χ4n) is 1.94. The molecule has 0 saturated carbocycles. The summed E-state index contributed by atoms with van der Waals surface area (Å²) < 4.78 is 14.6. The molecule has 0 aliphatic heterocycles. The third-order valence-corrected chi connectivity index (χ3v) is 3.79. The van der Waals surface area contributed by atoms with E-state index in [-0.39, 0.29) is 12.0 Å². The molecule has 0 spiro atoms. The normalized spacial score (nSPS) is 11.7. The lowest BCUT2D eigenvalue weighted by Gasteiger charge is -2.15. The SMILES string of the molecule is O=C(N[C@H](Cc1ccc(I)cc1)C(=O)O)c1ccccc1F. The Kier molecular flexibility index (Phi) is 5.48. The lowest BCUT2D eigenvalue weighted by molar-refractivity contribution is -0.139. The number of nitrogens with one attached hydrogen (secondary N) is 1. The standard InChI is InChI=1S/C16H13FINO3/c17-13-4-2-1-3-12(13)15(20)19-14(16(21)22)9-10-5-7-11(18)8-6-10/h1-8,14H,9H2,(H,19,20)(H,21,22)/t14-/m1/s1. The highest BCUT2D eigenvalue weighted by molar-refractivity contribution is 14.1. The largest absolute Gasteiger partial charge is 0.480 e. The molecule has 2 rings (SSSR count). The van der Waals surface area contributed by atoms with Gasteiger partial charge in [0, 0.05) is 9.99 Å². The van der Waals surface area contributed by atoms with Crippen molar-refractivity contribution in [1.82, 2.24) is 5.32 Å². The van der Waals surface area contributed by atoms with E-state index in [4.69, 9.17) is 0 Å². The maximum Gasteiger partial charge on any atom is 0.326 e. The summed E-state index contributed by atoms with van der Waals surface area (Å²) in [4.78, 5) is 23.3. The first kappa shape index (κ1) is 16.4. The van der Waals surface area contributed by atoms with Crippen LogP contribution in [0, 0.1) is 9.39 Å². The van der Waals surface area contributed by atoms with Gasteiger partial charge in [0.1, 0.15) is 11.9 Å². The van der Waals surface area contributed by atoms with Crippen molar-refractivity contribution < 1.29 is 19.1 Å². The molecule has 0 aliphatic carbocycles. The molecule has 2 aromatic rings. The van der Waals surface area contributed by atoms with Crippen LogP contribution < -0.4 is 5.32 Å². The lowest BCUT2D eigenvalue weighted by atomic mass is 10.1. The summed E-state index contributed by atoms with van der Waals surface area (Å²) in [5.74, 6) is -2.59. The molecule has 22 heavy (non-hydrogen) atoms. The van der Waals surface area contributed by atoms with Crippen LogP contribution >= 0.6 is 22.6 Å². The Morgan fingerprint density at radius 2 is 1.77 bits per heavy atom. The minimum atomic E-state index is -1.16. The maximum absolute atomic E-state index is 13.6. The average molecular weight is 413 g/mol. The van der Waals surface area contributed by atoms with Crippen molar-refractivity contribution in [1.29, 1.82) is 0 Å². The van der Waals surface area contributed by atoms with E-state index in [9.17, 15) is 19.1 Å². The van der Waals surface area contributed by atoms with E-state index in [1.807, 2.05) is 12.1 Å². The Labute approximate surface area is 140 Å². The van der Waals surface area contributed by atoms with Gasteiger partial charge in [0.05, 0.1) is 5.56 Å². The van der Waals surface area contributed by atoms with Crippen LogP contribution in [0.5, 0.6) is 0 Å². The minimum Gasteiger partial charge on any atom is -0.480 e. The van der Waals surface area contributed by atoms with Crippen molar-refractivity contribution in [2.75, 3.05) is 0 Å². The molecule has 0 aliphatic rings. The first-order valence-electron chi connectivity index (χ1n) is 6.50. The quantitative estimate of drug-likeness (QED) is 0.742. The maximum atomic E-state index is 13.6. The number of carbonyl (C=O) groups is 2. The van der Waals surface area contributed by atoms with Crippen LogP contribution in [0.15, 0.2) is 48.5 Å². The molecule has 2 N–H and O–H groups in total. The number of rotatable bonds is 5. The number of hydrogen-bond acceptors (Lipinski definition) is 2. The van der Waals surface area contributed by atoms with Crippen LogP contribution in [0.1, 0.15) is 15.9 Å². The van der Waals surface area contributed by atoms with Gasteiger partial charge in [-0.15, -0.1) is 0 Å². The number of carboxylic acids is 1. The molecule has 0 fully saturated rings. The molecule has 4 nitrogen and oxygen atoms in total. The number of amides is 1. The van der Waals surface area contributed by atoms with E-state index in [0.29, 0.717) is 0 Å². The first-order chi connectivity index (χ1) is 10.5. The topological polar surface area (TPSA) is 66.4 Å². The van der Waals surface area contributed by atoms with E-state index >= 15 is 0 Å². The van der Waals surface area contributed by atoms with Crippen molar-refractivity contribution >= 4 is 34.5 Å². The van der Waals surface area contributed by atoms with Crippen LogP contribution in [0.25, 0.3) is 0 Å². The summed E-state index contributed by atoms with van der Waals surface area (Å²) in [5, 5.41) is 11.6. The Morgan fingerprint density at radius 3 is 2.36 bits per heavy atom. The monoisotopic (exact) mass is 413 g/mol. The Bertz CT molecular complexity index is 688. The second-order valence-corrected chi connectivity index (χ2v) is 5.92. The van der Waals surface area contributed by atoms with Gasteiger partial charge in [-0.2, -0.15) is 0 Å². The predicted molar refractivity (Wildman–Crippen MR) is 88.2 cm³/mol. The third-order valence-electron chi connectivity index (χ3n) is 3.07. The number of aliphatic carboxylic acids is 1. The van der Waals surface area contributed by atoms with Crippen LogP contribution in [0.3, 0.4) is 0 Å². The fourth-order valence-corrected chi connectivity index (χ4v) is 2.30. The average Bonchev–Trinajstić information content (AvgIpc) is 2.49. The Hall–Kier alpha value is -1.96. The molecule has 1 amide bonds. The summed E-state index contributed by atoms with van der Waals surface area (Å²) in [6.07, 6.45) is 0.131. The molecule has 0 aromatic heterocycles. The summed E-state index contributed by atoms with van der Waals surface area (Å²) in [5.41, 5.74) is 0.609. The highest BCUT2D eigenvalue weighted by Gasteiger charge is 2.22. The summed E-state index contributed by atoms with van der Waals surface area (Å²) in [6, 6.07) is 11.6. The summed E-state index contributed by atoms with van der Waals surface area (Å²) in [6.45, 7) is 0. The van der Waals surface area contributed by atoms with Gasteiger partial charge >= 0.3 is 5.97 Å². The molecule has 114 valence electrons. The van der Waals surface area contributed by atoms with Crippen LogP contribution in [-0.2, 0) is 11.2 Å².